The van der Waals surface area contributed by atoms with E-state index in [1.54, 1.807) is 6.08 Å². The summed E-state index contributed by atoms with van der Waals surface area (Å²) in [7, 11) is 0. The summed E-state index contributed by atoms with van der Waals surface area (Å²) >= 11 is 0. The first-order chi connectivity index (χ1) is 8.37. The van der Waals surface area contributed by atoms with Crippen LogP contribution in [0.15, 0.2) is 55.3 Å². The minimum absolute atomic E-state index is 0.00889. The molecule has 0 aliphatic rings. The van der Waals surface area contributed by atoms with E-state index in [0.717, 1.165) is 12.1 Å². The molecule has 0 bridgehead atoms. The summed E-state index contributed by atoms with van der Waals surface area (Å²) in [5.41, 5.74) is 2.16. The monoisotopic (exact) mass is 243 g/mol. The molecule has 1 nitrogen and oxygen atoms in total. The zero-order valence-corrected chi connectivity index (χ0v) is 12.1. The molecule has 1 rings (SSSR count). The van der Waals surface area contributed by atoms with Crippen LogP contribution >= 0.6 is 0 Å². The molecule has 0 amide bonds. The molecule has 1 unspecified atom stereocenters. The third-order valence-corrected chi connectivity index (χ3v) is 4.26. The molecule has 0 aromatic heterocycles. The number of benzene rings is 1. The molecule has 1 N–H and O–H groups in total. The van der Waals surface area contributed by atoms with Gasteiger partial charge in [0.1, 0.15) is 0 Å². The average Bonchev–Trinajstić information content (AvgIpc) is 2.39. The van der Waals surface area contributed by atoms with Gasteiger partial charge in [0.2, 0.25) is 0 Å². The molecule has 0 aliphatic heterocycles. The standard InChI is InChI=1S/C17H25N/c1-7-14(3)18-17(6,8-2)16(4,5)15-12-10-9-11-13-15/h7,9-13,18H,1,3,8H2,2,4-6H3. The fourth-order valence-electron chi connectivity index (χ4n) is 2.27. The molecule has 0 spiro atoms. The van der Waals surface area contributed by atoms with E-state index in [0.29, 0.717) is 0 Å². The Bertz CT molecular complexity index is 416. The van der Waals surface area contributed by atoms with E-state index >= 15 is 0 Å². The third kappa shape index (κ3) is 2.66. The highest BCUT2D eigenvalue weighted by Crippen LogP contribution is 2.37. The largest absolute Gasteiger partial charge is 0.380 e. The van der Waals surface area contributed by atoms with Gasteiger partial charge in [0.05, 0.1) is 0 Å². The molecule has 0 saturated carbocycles. The SMILES string of the molecule is C=CC(=C)NC(C)(CC)C(C)(C)c1ccccc1. The zero-order chi connectivity index (χ0) is 13.8. The molecular formula is C17H25N. The van der Waals surface area contributed by atoms with Gasteiger partial charge in [0.15, 0.2) is 0 Å². The van der Waals surface area contributed by atoms with Crippen molar-refractivity contribution in [3.8, 4) is 0 Å². The van der Waals surface area contributed by atoms with Crippen LogP contribution in [0.3, 0.4) is 0 Å². The van der Waals surface area contributed by atoms with Crippen LogP contribution in [-0.4, -0.2) is 5.54 Å². The summed E-state index contributed by atoms with van der Waals surface area (Å²) in [6.07, 6.45) is 2.79. The summed E-state index contributed by atoms with van der Waals surface area (Å²) in [5, 5.41) is 3.52. The van der Waals surface area contributed by atoms with Gasteiger partial charge in [-0.05, 0) is 25.0 Å². The Balaban J connectivity index is 3.13. The molecule has 18 heavy (non-hydrogen) atoms. The van der Waals surface area contributed by atoms with Crippen molar-refractivity contribution in [1.29, 1.82) is 0 Å². The summed E-state index contributed by atoms with van der Waals surface area (Å²) in [6, 6.07) is 10.6. The quantitative estimate of drug-likeness (QED) is 0.729. The first-order valence-electron chi connectivity index (χ1n) is 6.52. The van der Waals surface area contributed by atoms with Crippen LogP contribution < -0.4 is 5.32 Å². The maximum atomic E-state index is 3.98. The van der Waals surface area contributed by atoms with Crippen LogP contribution in [0.5, 0.6) is 0 Å². The molecule has 1 heteroatoms. The van der Waals surface area contributed by atoms with Gasteiger partial charge in [-0.1, -0.05) is 64.3 Å². The topological polar surface area (TPSA) is 12.0 Å². The Kier molecular flexibility index (Phi) is 4.39. The summed E-state index contributed by atoms with van der Waals surface area (Å²) in [6.45, 7) is 16.7. The van der Waals surface area contributed by atoms with Gasteiger partial charge >= 0.3 is 0 Å². The van der Waals surface area contributed by atoms with Gasteiger partial charge in [0.25, 0.3) is 0 Å². The summed E-state index contributed by atoms with van der Waals surface area (Å²) < 4.78 is 0. The Morgan fingerprint density at radius 1 is 1.22 bits per heavy atom. The highest BCUT2D eigenvalue weighted by molar-refractivity contribution is 5.30. The highest BCUT2D eigenvalue weighted by atomic mass is 15.0. The number of rotatable bonds is 6. The summed E-state index contributed by atoms with van der Waals surface area (Å²) in [4.78, 5) is 0. The Morgan fingerprint density at radius 2 is 1.78 bits per heavy atom. The van der Waals surface area contributed by atoms with E-state index in [9.17, 15) is 0 Å². The van der Waals surface area contributed by atoms with Gasteiger partial charge < -0.3 is 5.32 Å². The van der Waals surface area contributed by atoms with Crippen molar-refractivity contribution in [2.45, 2.75) is 45.1 Å². The van der Waals surface area contributed by atoms with Crippen LogP contribution in [0.1, 0.15) is 39.7 Å². The van der Waals surface area contributed by atoms with Crippen LogP contribution in [0, 0.1) is 0 Å². The lowest BCUT2D eigenvalue weighted by molar-refractivity contribution is 0.227. The molecule has 0 radical (unpaired) electrons. The van der Waals surface area contributed by atoms with Gasteiger partial charge in [0, 0.05) is 16.7 Å². The number of allylic oxidation sites excluding steroid dienone is 1. The number of hydrogen-bond acceptors (Lipinski definition) is 1. The molecule has 0 heterocycles. The van der Waals surface area contributed by atoms with E-state index in [1.165, 1.54) is 5.56 Å². The molecular weight excluding hydrogens is 218 g/mol. The summed E-state index contributed by atoms with van der Waals surface area (Å²) in [5.74, 6) is 0. The fraction of sp³-hybridized carbons (Fsp3) is 0.412. The molecule has 1 atom stereocenters. The lowest BCUT2D eigenvalue weighted by Crippen LogP contribution is -2.55. The second kappa shape index (κ2) is 5.43. The van der Waals surface area contributed by atoms with Crippen molar-refractivity contribution in [2.75, 3.05) is 0 Å². The van der Waals surface area contributed by atoms with E-state index in [1.807, 2.05) is 0 Å². The normalized spacial score (nSPS) is 14.7. The fourth-order valence-corrected chi connectivity index (χ4v) is 2.27. The van der Waals surface area contributed by atoms with Crippen LogP contribution in [0.2, 0.25) is 0 Å². The molecule has 0 aliphatic carbocycles. The van der Waals surface area contributed by atoms with Crippen LogP contribution in [0.4, 0.5) is 0 Å². The van der Waals surface area contributed by atoms with Crippen molar-refractivity contribution in [3.05, 3.63) is 60.8 Å². The molecule has 1 aromatic rings. The average molecular weight is 243 g/mol. The predicted octanol–water partition coefficient (Wildman–Crippen LogP) is 4.42. The van der Waals surface area contributed by atoms with E-state index in [2.05, 4.69) is 76.5 Å². The van der Waals surface area contributed by atoms with Crippen molar-refractivity contribution >= 4 is 0 Å². The minimum Gasteiger partial charge on any atom is -0.380 e. The number of hydrogen-bond donors (Lipinski definition) is 1. The highest BCUT2D eigenvalue weighted by Gasteiger charge is 2.40. The zero-order valence-electron chi connectivity index (χ0n) is 12.1. The molecule has 1 aromatic carbocycles. The Labute approximate surface area is 112 Å². The Morgan fingerprint density at radius 3 is 2.22 bits per heavy atom. The second-order valence-corrected chi connectivity index (χ2v) is 5.53. The van der Waals surface area contributed by atoms with E-state index < -0.39 is 0 Å². The molecule has 0 fully saturated rings. The van der Waals surface area contributed by atoms with Gasteiger partial charge in [-0.25, -0.2) is 0 Å². The number of nitrogens with one attached hydrogen (secondary N) is 1. The molecule has 98 valence electrons. The van der Waals surface area contributed by atoms with Gasteiger partial charge in [-0.15, -0.1) is 0 Å². The predicted molar refractivity (Wildman–Crippen MR) is 80.6 cm³/mol. The first-order valence-corrected chi connectivity index (χ1v) is 6.52. The first kappa shape index (κ1) is 14.6. The maximum absolute atomic E-state index is 3.98. The van der Waals surface area contributed by atoms with Crippen molar-refractivity contribution in [2.24, 2.45) is 0 Å². The molecule has 0 saturated heterocycles. The third-order valence-electron chi connectivity index (χ3n) is 4.26. The van der Waals surface area contributed by atoms with E-state index in [4.69, 9.17) is 0 Å². The van der Waals surface area contributed by atoms with Gasteiger partial charge in [-0.3, -0.25) is 0 Å². The minimum atomic E-state index is -0.0559. The van der Waals surface area contributed by atoms with Crippen molar-refractivity contribution in [1.82, 2.24) is 5.32 Å². The van der Waals surface area contributed by atoms with Crippen molar-refractivity contribution < 1.29 is 0 Å². The second-order valence-electron chi connectivity index (χ2n) is 5.53. The lowest BCUT2D eigenvalue weighted by Gasteiger charge is -2.46. The Hall–Kier alpha value is -1.50. The lowest BCUT2D eigenvalue weighted by atomic mass is 9.67. The van der Waals surface area contributed by atoms with Crippen LogP contribution in [0.25, 0.3) is 0 Å². The maximum Gasteiger partial charge on any atom is 0.0433 e. The van der Waals surface area contributed by atoms with Crippen LogP contribution in [-0.2, 0) is 5.41 Å². The van der Waals surface area contributed by atoms with E-state index in [-0.39, 0.29) is 11.0 Å². The smallest absolute Gasteiger partial charge is 0.0433 e. The van der Waals surface area contributed by atoms with Gasteiger partial charge in [-0.2, -0.15) is 0 Å². The van der Waals surface area contributed by atoms with Crippen molar-refractivity contribution in [3.63, 3.8) is 0 Å².